The van der Waals surface area contributed by atoms with Crippen LogP contribution in [0.5, 0.6) is 0 Å². The Bertz CT molecular complexity index is 1210. The molecule has 1 aliphatic heterocycles. The Hall–Kier alpha value is -3.03. The van der Waals surface area contributed by atoms with Crippen molar-refractivity contribution in [1.29, 1.82) is 0 Å². The Labute approximate surface area is 201 Å². The number of anilines is 1. The zero-order chi connectivity index (χ0) is 23.5. The molecule has 172 valence electrons. The molecular weight excluding hydrogens is 463 g/mol. The maximum Gasteiger partial charge on any atom is 0.293 e. The number of aromatic nitrogens is 2. The molecule has 0 saturated carbocycles. The summed E-state index contributed by atoms with van der Waals surface area (Å²) in [5.41, 5.74) is 2.34. The van der Waals surface area contributed by atoms with Crippen molar-refractivity contribution in [3.63, 3.8) is 0 Å². The fourth-order valence-corrected chi connectivity index (χ4v) is 4.19. The minimum absolute atomic E-state index is 0.0832. The lowest BCUT2D eigenvalue weighted by molar-refractivity contribution is 0.0728. The first-order valence-corrected chi connectivity index (χ1v) is 11.4. The summed E-state index contributed by atoms with van der Waals surface area (Å²) in [5, 5.41) is 4.55. The molecule has 1 aliphatic rings. The van der Waals surface area contributed by atoms with Crippen LogP contribution in [-0.4, -0.2) is 34.2 Å². The number of fused-ring (bicyclic) bond motifs is 1. The van der Waals surface area contributed by atoms with E-state index in [0.29, 0.717) is 45.8 Å². The van der Waals surface area contributed by atoms with E-state index in [2.05, 4.69) is 5.32 Å². The molecule has 0 aliphatic carbocycles. The molecule has 9 heteroatoms. The van der Waals surface area contributed by atoms with E-state index in [9.17, 15) is 9.59 Å². The number of hydrogen-bond acceptors (Lipinski definition) is 5. The first kappa shape index (κ1) is 23.1. The van der Waals surface area contributed by atoms with E-state index in [1.165, 1.54) is 7.11 Å². The van der Waals surface area contributed by atoms with Gasteiger partial charge in [0.1, 0.15) is 7.11 Å². The number of halogens is 2. The molecular formula is C24H24Cl2N4O3. The SMILES string of the molecule is CC[C@H](Nc1nc2c(c(=O)n1OC)CN(C(=O)c1ccc(Cl)cc1)CC2)c1ccc(Cl)cc1. The second-order valence-corrected chi connectivity index (χ2v) is 8.66. The highest BCUT2D eigenvalue weighted by atomic mass is 35.5. The number of amides is 1. The monoisotopic (exact) mass is 486 g/mol. The summed E-state index contributed by atoms with van der Waals surface area (Å²) in [5.74, 6) is 0.178. The van der Waals surface area contributed by atoms with Gasteiger partial charge in [-0.25, -0.2) is 4.98 Å². The van der Waals surface area contributed by atoms with Gasteiger partial charge >= 0.3 is 0 Å². The number of nitrogens with zero attached hydrogens (tertiary/aromatic N) is 3. The molecule has 0 saturated heterocycles. The van der Waals surface area contributed by atoms with Crippen molar-refractivity contribution in [1.82, 2.24) is 14.6 Å². The Morgan fingerprint density at radius 2 is 1.76 bits per heavy atom. The number of rotatable bonds is 6. The third kappa shape index (κ3) is 4.84. The van der Waals surface area contributed by atoms with Gasteiger partial charge in [0.2, 0.25) is 5.95 Å². The van der Waals surface area contributed by atoms with Crippen molar-refractivity contribution in [3.8, 4) is 0 Å². The van der Waals surface area contributed by atoms with E-state index in [1.54, 1.807) is 29.2 Å². The minimum Gasteiger partial charge on any atom is -0.411 e. The van der Waals surface area contributed by atoms with Gasteiger partial charge in [-0.15, -0.1) is 4.73 Å². The van der Waals surface area contributed by atoms with Gasteiger partial charge in [0.05, 0.1) is 23.8 Å². The van der Waals surface area contributed by atoms with Crippen molar-refractivity contribution in [3.05, 3.63) is 91.3 Å². The summed E-state index contributed by atoms with van der Waals surface area (Å²) < 4.78 is 1.15. The molecule has 0 unspecified atom stereocenters. The summed E-state index contributed by atoms with van der Waals surface area (Å²) in [4.78, 5) is 37.9. The van der Waals surface area contributed by atoms with Crippen molar-refractivity contribution < 1.29 is 9.63 Å². The largest absolute Gasteiger partial charge is 0.411 e. The van der Waals surface area contributed by atoms with Gasteiger partial charge in [-0.2, -0.15) is 0 Å². The molecule has 1 N–H and O–H groups in total. The summed E-state index contributed by atoms with van der Waals surface area (Å²) in [6, 6.07) is 14.2. The third-order valence-electron chi connectivity index (χ3n) is 5.74. The van der Waals surface area contributed by atoms with Crippen LogP contribution in [0.2, 0.25) is 10.0 Å². The summed E-state index contributed by atoms with van der Waals surface area (Å²) in [6.07, 6.45) is 1.24. The molecule has 2 heterocycles. The van der Waals surface area contributed by atoms with Crippen LogP contribution in [0, 0.1) is 0 Å². The molecule has 4 rings (SSSR count). The molecule has 0 radical (unpaired) electrons. The van der Waals surface area contributed by atoms with Crippen molar-refractivity contribution in [2.75, 3.05) is 19.0 Å². The second kappa shape index (κ2) is 9.85. The molecule has 1 amide bonds. The molecule has 0 fully saturated rings. The van der Waals surface area contributed by atoms with Crippen molar-refractivity contribution in [2.24, 2.45) is 0 Å². The molecule has 0 bridgehead atoms. The van der Waals surface area contributed by atoms with Gasteiger partial charge in [-0.3, -0.25) is 9.59 Å². The first-order chi connectivity index (χ1) is 15.9. The lowest BCUT2D eigenvalue weighted by Crippen LogP contribution is -2.42. The van der Waals surface area contributed by atoms with Crippen LogP contribution in [0.4, 0.5) is 5.95 Å². The average molecular weight is 487 g/mol. The molecule has 1 aromatic heterocycles. The van der Waals surface area contributed by atoms with E-state index in [-0.39, 0.29) is 24.1 Å². The molecule has 3 aromatic rings. The third-order valence-corrected chi connectivity index (χ3v) is 6.24. The predicted octanol–water partition coefficient (Wildman–Crippen LogP) is 4.37. The lowest BCUT2D eigenvalue weighted by atomic mass is 10.0. The van der Waals surface area contributed by atoms with Crippen LogP contribution in [0.3, 0.4) is 0 Å². The fraction of sp³-hybridized carbons (Fsp3) is 0.292. The number of benzene rings is 2. The van der Waals surface area contributed by atoms with Crippen LogP contribution in [0.25, 0.3) is 0 Å². The van der Waals surface area contributed by atoms with Gasteiger partial charge in [-0.05, 0) is 48.4 Å². The fourth-order valence-electron chi connectivity index (χ4n) is 3.94. The van der Waals surface area contributed by atoms with Gasteiger partial charge < -0.3 is 15.1 Å². The van der Waals surface area contributed by atoms with E-state index in [0.717, 1.165) is 16.7 Å². The number of carbonyl (C=O) groups is 1. The van der Waals surface area contributed by atoms with Gasteiger partial charge in [0.25, 0.3) is 11.5 Å². The van der Waals surface area contributed by atoms with Gasteiger partial charge in [0.15, 0.2) is 0 Å². The number of nitrogens with one attached hydrogen (secondary N) is 1. The normalized spacial score (nSPS) is 13.9. The van der Waals surface area contributed by atoms with E-state index >= 15 is 0 Å². The highest BCUT2D eigenvalue weighted by molar-refractivity contribution is 6.30. The van der Waals surface area contributed by atoms with Gasteiger partial charge in [0, 0.05) is 28.6 Å². The second-order valence-electron chi connectivity index (χ2n) is 7.78. The average Bonchev–Trinajstić information content (AvgIpc) is 2.83. The predicted molar refractivity (Wildman–Crippen MR) is 129 cm³/mol. The summed E-state index contributed by atoms with van der Waals surface area (Å²) in [6.45, 7) is 2.67. The van der Waals surface area contributed by atoms with Crippen LogP contribution in [-0.2, 0) is 13.0 Å². The highest BCUT2D eigenvalue weighted by Crippen LogP contribution is 2.24. The topological polar surface area (TPSA) is 76.5 Å². The van der Waals surface area contributed by atoms with Crippen LogP contribution in [0.1, 0.15) is 46.6 Å². The van der Waals surface area contributed by atoms with Crippen LogP contribution < -0.4 is 15.7 Å². The number of hydrogen-bond donors (Lipinski definition) is 1. The van der Waals surface area contributed by atoms with E-state index in [4.69, 9.17) is 33.0 Å². The lowest BCUT2D eigenvalue weighted by Gasteiger charge is -2.29. The Balaban J connectivity index is 1.61. The summed E-state index contributed by atoms with van der Waals surface area (Å²) >= 11 is 11.9. The van der Waals surface area contributed by atoms with Crippen LogP contribution in [0.15, 0.2) is 53.3 Å². The zero-order valence-electron chi connectivity index (χ0n) is 18.3. The minimum atomic E-state index is -0.329. The van der Waals surface area contributed by atoms with Crippen LogP contribution >= 0.6 is 23.2 Å². The standard InChI is InChI=1S/C24H24Cl2N4O3/c1-3-20(15-4-8-17(25)9-5-15)27-24-28-21-12-13-29(14-19(21)23(32)30(24)33-2)22(31)16-6-10-18(26)11-7-16/h4-11,20H,3,12-14H2,1-2H3,(H,27,28)/t20-/m0/s1. The Morgan fingerprint density at radius 3 is 2.36 bits per heavy atom. The smallest absolute Gasteiger partial charge is 0.293 e. The first-order valence-electron chi connectivity index (χ1n) is 10.7. The maximum atomic E-state index is 13.3. The molecule has 0 spiro atoms. The van der Waals surface area contributed by atoms with E-state index in [1.807, 2.05) is 31.2 Å². The maximum absolute atomic E-state index is 13.3. The Morgan fingerprint density at radius 1 is 1.12 bits per heavy atom. The van der Waals surface area contributed by atoms with Crippen molar-refractivity contribution >= 4 is 35.1 Å². The quantitative estimate of drug-likeness (QED) is 0.559. The van der Waals surface area contributed by atoms with E-state index < -0.39 is 0 Å². The molecule has 7 nitrogen and oxygen atoms in total. The zero-order valence-corrected chi connectivity index (χ0v) is 19.9. The highest BCUT2D eigenvalue weighted by Gasteiger charge is 2.28. The van der Waals surface area contributed by atoms with Gasteiger partial charge in [-0.1, -0.05) is 42.3 Å². The Kier molecular flexibility index (Phi) is 6.91. The molecule has 1 atom stereocenters. The molecule has 33 heavy (non-hydrogen) atoms. The van der Waals surface area contributed by atoms with Crippen molar-refractivity contribution in [2.45, 2.75) is 32.4 Å². The number of carbonyl (C=O) groups excluding carboxylic acids is 1. The molecule has 2 aromatic carbocycles. The summed E-state index contributed by atoms with van der Waals surface area (Å²) in [7, 11) is 1.42.